The minimum absolute atomic E-state index is 0.746. The first-order chi connectivity index (χ1) is 5.77. The third-order valence-electron chi connectivity index (χ3n) is 2.94. The van der Waals surface area contributed by atoms with Crippen LogP contribution < -0.4 is 5.73 Å². The molecular weight excluding hydrogens is 146 g/mol. The van der Waals surface area contributed by atoms with Gasteiger partial charge >= 0.3 is 0 Å². The molecule has 1 heteroatoms. The van der Waals surface area contributed by atoms with Crippen molar-refractivity contribution in [2.45, 2.75) is 58.8 Å². The lowest BCUT2D eigenvalue weighted by Gasteiger charge is -2.22. The number of nitrogens with two attached hydrogens (primary N) is 1. The van der Waals surface area contributed by atoms with Gasteiger partial charge in [0.15, 0.2) is 0 Å². The Morgan fingerprint density at radius 1 is 1.17 bits per heavy atom. The Bertz CT molecular complexity index is 93.2. The van der Waals surface area contributed by atoms with Crippen LogP contribution >= 0.6 is 0 Å². The number of rotatable bonds is 3. The first-order valence-corrected chi connectivity index (χ1v) is 5.35. The SMILES string of the molecule is CCCCC1(C)CCCC1.CN. The molecular formula is C11H25N. The molecule has 0 atom stereocenters. The molecule has 0 radical (unpaired) electrons. The van der Waals surface area contributed by atoms with E-state index >= 15 is 0 Å². The Hall–Kier alpha value is -0.0400. The van der Waals surface area contributed by atoms with Crippen LogP contribution in [-0.2, 0) is 0 Å². The van der Waals surface area contributed by atoms with Gasteiger partial charge in [0, 0.05) is 0 Å². The van der Waals surface area contributed by atoms with E-state index in [-0.39, 0.29) is 0 Å². The van der Waals surface area contributed by atoms with E-state index in [0.717, 1.165) is 5.41 Å². The van der Waals surface area contributed by atoms with E-state index in [1.165, 1.54) is 52.0 Å². The minimum Gasteiger partial charge on any atom is -0.333 e. The van der Waals surface area contributed by atoms with E-state index in [2.05, 4.69) is 19.6 Å². The van der Waals surface area contributed by atoms with Gasteiger partial charge in [-0.05, 0) is 31.7 Å². The zero-order chi connectivity index (χ0) is 9.45. The van der Waals surface area contributed by atoms with Crippen LogP contribution in [0.2, 0.25) is 0 Å². The molecule has 0 aromatic rings. The smallest absolute Gasteiger partial charge is 0.0195 e. The number of hydrogen-bond donors (Lipinski definition) is 1. The normalized spacial score (nSPS) is 20.0. The lowest BCUT2D eigenvalue weighted by molar-refractivity contribution is 0.298. The van der Waals surface area contributed by atoms with Gasteiger partial charge in [-0.1, -0.05) is 39.5 Å². The van der Waals surface area contributed by atoms with E-state index in [1.807, 2.05) is 0 Å². The maximum atomic E-state index is 4.50. The van der Waals surface area contributed by atoms with E-state index in [1.54, 1.807) is 0 Å². The van der Waals surface area contributed by atoms with Gasteiger partial charge in [0.1, 0.15) is 0 Å². The largest absolute Gasteiger partial charge is 0.333 e. The van der Waals surface area contributed by atoms with Crippen molar-refractivity contribution in [3.05, 3.63) is 0 Å². The molecule has 0 aromatic carbocycles. The van der Waals surface area contributed by atoms with Crippen molar-refractivity contribution >= 4 is 0 Å². The van der Waals surface area contributed by atoms with E-state index in [9.17, 15) is 0 Å². The van der Waals surface area contributed by atoms with Crippen molar-refractivity contribution in [2.24, 2.45) is 11.1 Å². The fraction of sp³-hybridized carbons (Fsp3) is 1.00. The lowest BCUT2D eigenvalue weighted by Crippen LogP contribution is -2.09. The van der Waals surface area contributed by atoms with Crippen molar-refractivity contribution < 1.29 is 0 Å². The van der Waals surface area contributed by atoms with Gasteiger partial charge in [-0.3, -0.25) is 0 Å². The Morgan fingerprint density at radius 2 is 1.67 bits per heavy atom. The van der Waals surface area contributed by atoms with E-state index in [0.29, 0.717) is 0 Å². The predicted molar refractivity (Wildman–Crippen MR) is 56.2 cm³/mol. The number of hydrogen-bond acceptors (Lipinski definition) is 1. The maximum absolute atomic E-state index is 4.50. The second kappa shape index (κ2) is 6.47. The molecule has 0 bridgehead atoms. The van der Waals surface area contributed by atoms with Crippen molar-refractivity contribution in [3.63, 3.8) is 0 Å². The Kier molecular flexibility index (Phi) is 6.45. The molecule has 0 aromatic heterocycles. The van der Waals surface area contributed by atoms with Crippen LogP contribution in [-0.4, -0.2) is 7.05 Å². The zero-order valence-corrected chi connectivity index (χ0v) is 9.03. The fourth-order valence-electron chi connectivity index (χ4n) is 2.08. The molecule has 2 N–H and O–H groups in total. The summed E-state index contributed by atoms with van der Waals surface area (Å²) >= 11 is 0. The molecule has 1 aliphatic rings. The minimum atomic E-state index is 0.746. The number of unbranched alkanes of at least 4 members (excludes halogenated alkanes) is 1. The Balaban J connectivity index is 0.000000561. The van der Waals surface area contributed by atoms with Crippen LogP contribution in [0, 0.1) is 5.41 Å². The average molecular weight is 171 g/mol. The molecule has 1 aliphatic carbocycles. The van der Waals surface area contributed by atoms with Crippen molar-refractivity contribution in [1.29, 1.82) is 0 Å². The molecule has 1 saturated carbocycles. The molecule has 1 rings (SSSR count). The van der Waals surface area contributed by atoms with Crippen LogP contribution in [0.1, 0.15) is 58.8 Å². The monoisotopic (exact) mass is 171 g/mol. The molecule has 0 aliphatic heterocycles. The molecule has 1 fully saturated rings. The second-order valence-corrected chi connectivity index (χ2v) is 4.12. The van der Waals surface area contributed by atoms with Crippen molar-refractivity contribution in [1.82, 2.24) is 0 Å². The van der Waals surface area contributed by atoms with Gasteiger partial charge in [0.25, 0.3) is 0 Å². The lowest BCUT2D eigenvalue weighted by atomic mass is 9.83. The highest BCUT2D eigenvalue weighted by molar-refractivity contribution is 4.79. The van der Waals surface area contributed by atoms with Gasteiger partial charge in [-0.2, -0.15) is 0 Å². The molecule has 0 saturated heterocycles. The third kappa shape index (κ3) is 4.10. The van der Waals surface area contributed by atoms with Crippen LogP contribution in [0.15, 0.2) is 0 Å². The summed E-state index contributed by atoms with van der Waals surface area (Å²) in [7, 11) is 1.50. The summed E-state index contributed by atoms with van der Waals surface area (Å²) in [4.78, 5) is 0. The highest BCUT2D eigenvalue weighted by Crippen LogP contribution is 2.41. The van der Waals surface area contributed by atoms with Crippen LogP contribution in [0.3, 0.4) is 0 Å². The predicted octanol–water partition coefficient (Wildman–Crippen LogP) is 3.33. The summed E-state index contributed by atoms with van der Waals surface area (Å²) < 4.78 is 0. The molecule has 74 valence electrons. The second-order valence-electron chi connectivity index (χ2n) is 4.12. The first-order valence-electron chi connectivity index (χ1n) is 5.35. The molecule has 1 nitrogen and oxygen atoms in total. The fourth-order valence-corrected chi connectivity index (χ4v) is 2.08. The Morgan fingerprint density at radius 3 is 2.08 bits per heavy atom. The topological polar surface area (TPSA) is 26.0 Å². The summed E-state index contributed by atoms with van der Waals surface area (Å²) in [5.74, 6) is 0. The average Bonchev–Trinajstić information content (AvgIpc) is 2.53. The van der Waals surface area contributed by atoms with Crippen molar-refractivity contribution in [2.75, 3.05) is 7.05 Å². The first kappa shape index (κ1) is 12.0. The summed E-state index contributed by atoms with van der Waals surface area (Å²) in [5, 5.41) is 0. The zero-order valence-electron chi connectivity index (χ0n) is 9.03. The van der Waals surface area contributed by atoms with Gasteiger partial charge in [-0.15, -0.1) is 0 Å². The van der Waals surface area contributed by atoms with Crippen LogP contribution in [0.5, 0.6) is 0 Å². The molecule has 0 heterocycles. The highest BCUT2D eigenvalue weighted by Gasteiger charge is 2.27. The summed E-state index contributed by atoms with van der Waals surface area (Å²) in [6, 6.07) is 0. The summed E-state index contributed by atoms with van der Waals surface area (Å²) in [6.07, 6.45) is 10.2. The van der Waals surface area contributed by atoms with Gasteiger partial charge in [0.05, 0.1) is 0 Å². The molecule has 0 unspecified atom stereocenters. The van der Waals surface area contributed by atoms with Gasteiger partial charge < -0.3 is 5.73 Å². The van der Waals surface area contributed by atoms with E-state index in [4.69, 9.17) is 0 Å². The van der Waals surface area contributed by atoms with Crippen LogP contribution in [0.4, 0.5) is 0 Å². The summed E-state index contributed by atoms with van der Waals surface area (Å²) in [6.45, 7) is 4.76. The molecule has 0 spiro atoms. The standard InChI is InChI=1S/C10H20.CH5N/c1-3-4-7-10(2)8-5-6-9-10;1-2/h3-9H2,1-2H3;2H2,1H3. The van der Waals surface area contributed by atoms with Gasteiger partial charge in [0.2, 0.25) is 0 Å². The maximum Gasteiger partial charge on any atom is -0.0195 e. The van der Waals surface area contributed by atoms with Gasteiger partial charge in [-0.25, -0.2) is 0 Å². The molecule has 12 heavy (non-hydrogen) atoms. The summed E-state index contributed by atoms with van der Waals surface area (Å²) in [5.41, 5.74) is 5.25. The Labute approximate surface area is 77.7 Å². The third-order valence-corrected chi connectivity index (χ3v) is 2.94. The van der Waals surface area contributed by atoms with Crippen molar-refractivity contribution in [3.8, 4) is 0 Å². The quantitative estimate of drug-likeness (QED) is 0.692. The molecule has 0 amide bonds. The highest BCUT2D eigenvalue weighted by atomic mass is 14.4. The van der Waals surface area contributed by atoms with E-state index < -0.39 is 0 Å². The van der Waals surface area contributed by atoms with Crippen LogP contribution in [0.25, 0.3) is 0 Å².